The Kier molecular flexibility index (Phi) is 5.41. The second kappa shape index (κ2) is 6.35. The summed E-state index contributed by atoms with van der Waals surface area (Å²) in [6.45, 7) is 7.00. The van der Waals surface area contributed by atoms with E-state index < -0.39 is 0 Å². The fourth-order valence-electron chi connectivity index (χ4n) is 1.88. The van der Waals surface area contributed by atoms with E-state index in [-0.39, 0.29) is 18.7 Å². The van der Waals surface area contributed by atoms with Crippen LogP contribution in [0, 0.1) is 13.8 Å². The highest BCUT2D eigenvalue weighted by Crippen LogP contribution is 2.26. The molecule has 0 aliphatic rings. The van der Waals surface area contributed by atoms with Gasteiger partial charge in [-0.05, 0) is 32.4 Å². The van der Waals surface area contributed by atoms with Gasteiger partial charge in [-0.3, -0.25) is 0 Å². The van der Waals surface area contributed by atoms with Crippen LogP contribution in [0.15, 0.2) is 6.07 Å². The smallest absolute Gasteiger partial charge is 0.0638 e. The van der Waals surface area contributed by atoms with Crippen LogP contribution in [0.1, 0.15) is 28.3 Å². The maximum absolute atomic E-state index is 9.19. The van der Waals surface area contributed by atoms with E-state index in [1.807, 2.05) is 11.3 Å². The Morgan fingerprint density at radius 2 is 2.19 bits per heavy atom. The van der Waals surface area contributed by atoms with Crippen LogP contribution in [0.4, 0.5) is 0 Å². The fraction of sp³-hybridized carbons (Fsp3) is 0.667. The summed E-state index contributed by atoms with van der Waals surface area (Å²) in [6, 6.07) is 2.45. The maximum Gasteiger partial charge on any atom is 0.0638 e. The molecule has 0 saturated heterocycles. The lowest BCUT2D eigenvalue weighted by Gasteiger charge is -2.21. The number of nitrogens with one attached hydrogen (secondary N) is 1. The van der Waals surface area contributed by atoms with Gasteiger partial charge in [-0.15, -0.1) is 11.3 Å². The quantitative estimate of drug-likeness (QED) is 0.803. The molecule has 4 heteroatoms. The van der Waals surface area contributed by atoms with Crippen LogP contribution in [0.25, 0.3) is 0 Å². The lowest BCUT2D eigenvalue weighted by molar-refractivity contribution is 0.123. The Morgan fingerprint density at radius 3 is 2.62 bits per heavy atom. The summed E-state index contributed by atoms with van der Waals surface area (Å²) < 4.78 is 5.05. The monoisotopic (exact) mass is 243 g/mol. The standard InChI is InChI=1S/C12H21NO2S/c1-8-5-12(10(3)16-8)9(2)13-11(6-14)7-15-4/h5,9,11,13-14H,6-7H2,1-4H3. The molecule has 0 bridgehead atoms. The number of hydrogen-bond acceptors (Lipinski definition) is 4. The number of aliphatic hydroxyl groups is 1. The van der Waals surface area contributed by atoms with Crippen LogP contribution in [-0.4, -0.2) is 31.5 Å². The van der Waals surface area contributed by atoms with E-state index in [0.717, 1.165) is 0 Å². The summed E-state index contributed by atoms with van der Waals surface area (Å²) in [4.78, 5) is 2.67. The second-order valence-corrected chi connectivity index (χ2v) is 5.55. The molecule has 2 N–H and O–H groups in total. The van der Waals surface area contributed by atoms with Crippen LogP contribution in [-0.2, 0) is 4.74 Å². The van der Waals surface area contributed by atoms with Crippen molar-refractivity contribution in [2.24, 2.45) is 0 Å². The van der Waals surface area contributed by atoms with Crippen molar-refractivity contribution < 1.29 is 9.84 Å². The minimum absolute atomic E-state index is 0.000365. The van der Waals surface area contributed by atoms with Crippen LogP contribution < -0.4 is 5.32 Å². The first-order valence-corrected chi connectivity index (χ1v) is 6.33. The Morgan fingerprint density at radius 1 is 1.50 bits per heavy atom. The summed E-state index contributed by atoms with van der Waals surface area (Å²) in [5.41, 5.74) is 1.32. The molecular weight excluding hydrogens is 222 g/mol. The summed E-state index contributed by atoms with van der Waals surface area (Å²) >= 11 is 1.81. The molecule has 1 aromatic rings. The Bertz CT molecular complexity index is 325. The van der Waals surface area contributed by atoms with E-state index in [1.165, 1.54) is 15.3 Å². The molecule has 0 saturated carbocycles. The predicted molar refractivity (Wildman–Crippen MR) is 68.1 cm³/mol. The van der Waals surface area contributed by atoms with E-state index in [4.69, 9.17) is 4.74 Å². The zero-order valence-corrected chi connectivity index (χ0v) is 11.2. The largest absolute Gasteiger partial charge is 0.395 e. The van der Waals surface area contributed by atoms with Crippen LogP contribution in [0.5, 0.6) is 0 Å². The van der Waals surface area contributed by atoms with Crippen molar-refractivity contribution in [2.45, 2.75) is 32.9 Å². The van der Waals surface area contributed by atoms with Gasteiger partial charge >= 0.3 is 0 Å². The molecule has 0 radical (unpaired) electrons. The van der Waals surface area contributed by atoms with Crippen LogP contribution in [0.2, 0.25) is 0 Å². The zero-order chi connectivity index (χ0) is 12.1. The van der Waals surface area contributed by atoms with E-state index in [2.05, 4.69) is 32.2 Å². The first-order valence-electron chi connectivity index (χ1n) is 5.51. The van der Waals surface area contributed by atoms with Crippen molar-refractivity contribution in [3.05, 3.63) is 21.4 Å². The first-order chi connectivity index (χ1) is 7.58. The highest BCUT2D eigenvalue weighted by molar-refractivity contribution is 7.12. The molecule has 92 valence electrons. The van der Waals surface area contributed by atoms with Gasteiger partial charge in [0.05, 0.1) is 19.3 Å². The topological polar surface area (TPSA) is 41.5 Å². The van der Waals surface area contributed by atoms with Gasteiger partial charge < -0.3 is 15.2 Å². The van der Waals surface area contributed by atoms with E-state index in [9.17, 15) is 5.11 Å². The van der Waals surface area contributed by atoms with Crippen molar-refractivity contribution in [1.82, 2.24) is 5.32 Å². The number of methoxy groups -OCH3 is 1. The Hall–Kier alpha value is -0.420. The van der Waals surface area contributed by atoms with Gasteiger partial charge in [0, 0.05) is 22.9 Å². The lowest BCUT2D eigenvalue weighted by Crippen LogP contribution is -2.38. The second-order valence-electron chi connectivity index (χ2n) is 4.09. The van der Waals surface area contributed by atoms with Gasteiger partial charge in [0.1, 0.15) is 0 Å². The average Bonchev–Trinajstić information content (AvgIpc) is 2.57. The maximum atomic E-state index is 9.19. The van der Waals surface area contributed by atoms with E-state index in [0.29, 0.717) is 6.61 Å². The molecule has 0 fully saturated rings. The van der Waals surface area contributed by atoms with Gasteiger partial charge in [0.15, 0.2) is 0 Å². The van der Waals surface area contributed by atoms with Crippen LogP contribution >= 0.6 is 11.3 Å². The molecule has 0 spiro atoms. The minimum atomic E-state index is -0.000365. The Labute approximate surface area is 101 Å². The summed E-state index contributed by atoms with van der Waals surface area (Å²) in [7, 11) is 1.65. The van der Waals surface area contributed by atoms with Gasteiger partial charge in [0.25, 0.3) is 0 Å². The predicted octanol–water partition coefficient (Wildman–Crippen LogP) is 2.02. The zero-order valence-electron chi connectivity index (χ0n) is 10.4. The van der Waals surface area contributed by atoms with E-state index >= 15 is 0 Å². The minimum Gasteiger partial charge on any atom is -0.395 e. The van der Waals surface area contributed by atoms with Gasteiger partial charge in [-0.1, -0.05) is 0 Å². The summed E-state index contributed by atoms with van der Waals surface area (Å²) in [5.74, 6) is 0. The molecule has 3 nitrogen and oxygen atoms in total. The lowest BCUT2D eigenvalue weighted by atomic mass is 10.1. The molecule has 0 aromatic carbocycles. The fourth-order valence-corrected chi connectivity index (χ4v) is 2.90. The van der Waals surface area contributed by atoms with Crippen molar-refractivity contribution >= 4 is 11.3 Å². The molecule has 0 amide bonds. The molecule has 2 atom stereocenters. The number of thiophene rings is 1. The third-order valence-electron chi connectivity index (χ3n) is 2.62. The van der Waals surface area contributed by atoms with Crippen molar-refractivity contribution in [3.8, 4) is 0 Å². The van der Waals surface area contributed by atoms with Crippen LogP contribution in [0.3, 0.4) is 0 Å². The van der Waals surface area contributed by atoms with Crippen molar-refractivity contribution in [1.29, 1.82) is 0 Å². The third-order valence-corrected chi connectivity index (χ3v) is 3.60. The number of rotatable bonds is 6. The molecule has 0 aliphatic heterocycles. The number of ether oxygens (including phenoxy) is 1. The average molecular weight is 243 g/mol. The SMILES string of the molecule is COCC(CO)NC(C)c1cc(C)sc1C. The summed E-state index contributed by atoms with van der Waals surface area (Å²) in [6.07, 6.45) is 0. The highest BCUT2D eigenvalue weighted by atomic mass is 32.1. The highest BCUT2D eigenvalue weighted by Gasteiger charge is 2.15. The summed E-state index contributed by atoms with van der Waals surface area (Å²) in [5, 5.41) is 12.6. The van der Waals surface area contributed by atoms with Gasteiger partial charge in [-0.2, -0.15) is 0 Å². The first kappa shape index (κ1) is 13.6. The molecule has 1 aromatic heterocycles. The molecule has 16 heavy (non-hydrogen) atoms. The number of aryl methyl sites for hydroxylation is 2. The molecule has 0 aliphatic carbocycles. The molecule has 1 rings (SSSR count). The van der Waals surface area contributed by atoms with Gasteiger partial charge in [0.2, 0.25) is 0 Å². The number of hydrogen-bond donors (Lipinski definition) is 2. The van der Waals surface area contributed by atoms with E-state index in [1.54, 1.807) is 7.11 Å². The van der Waals surface area contributed by atoms with Crippen molar-refractivity contribution in [2.75, 3.05) is 20.3 Å². The molecular formula is C12H21NO2S. The Balaban J connectivity index is 2.63. The van der Waals surface area contributed by atoms with Gasteiger partial charge in [-0.25, -0.2) is 0 Å². The number of aliphatic hydroxyl groups excluding tert-OH is 1. The third kappa shape index (κ3) is 3.56. The molecule has 2 unspecified atom stereocenters. The van der Waals surface area contributed by atoms with Crippen molar-refractivity contribution in [3.63, 3.8) is 0 Å². The molecule has 1 heterocycles. The normalized spacial score (nSPS) is 15.1.